The number of benzene rings is 2. The third kappa shape index (κ3) is 3.43. The van der Waals surface area contributed by atoms with Crippen molar-refractivity contribution in [2.75, 3.05) is 12.4 Å². The Balaban J connectivity index is 1.56. The lowest BCUT2D eigenvalue weighted by molar-refractivity contribution is 0.101. The number of pyridine rings is 1. The number of nitrogens with zero attached hydrogens (tertiary/aromatic N) is 2. The fraction of sp³-hybridized carbons (Fsp3) is 0.0500. The van der Waals surface area contributed by atoms with Crippen LogP contribution in [-0.4, -0.2) is 28.1 Å². The van der Waals surface area contributed by atoms with Crippen molar-refractivity contribution >= 4 is 23.0 Å². The minimum atomic E-state index is -0.677. The number of methoxy groups -OCH3 is 1. The molecule has 2 N–H and O–H groups in total. The molecule has 0 saturated heterocycles. The fourth-order valence-corrected chi connectivity index (χ4v) is 2.57. The van der Waals surface area contributed by atoms with Crippen LogP contribution in [0.3, 0.4) is 0 Å². The second-order valence-electron chi connectivity index (χ2n) is 5.73. The third-order valence-corrected chi connectivity index (χ3v) is 3.88. The van der Waals surface area contributed by atoms with E-state index in [4.69, 9.17) is 13.9 Å². The molecule has 1 amide bonds. The first-order valence-electron chi connectivity index (χ1n) is 8.31. The first kappa shape index (κ1) is 17.3. The molecule has 0 atom stereocenters. The number of carbonyl (C=O) groups excluding carboxylic acids is 1. The van der Waals surface area contributed by atoms with Crippen molar-refractivity contribution in [2.24, 2.45) is 0 Å². The maximum atomic E-state index is 12.4. The SMILES string of the molecule is COc1ccnc(C(=O)Nc2nc3ccc(Oc4ccccc4)cc3o2)c1O. The highest BCUT2D eigenvalue weighted by Gasteiger charge is 2.19. The number of hydrogen-bond acceptors (Lipinski definition) is 7. The van der Waals surface area contributed by atoms with Gasteiger partial charge in [0.25, 0.3) is 5.91 Å². The molecule has 0 unspecified atom stereocenters. The number of oxazole rings is 1. The Hall–Kier alpha value is -4.07. The van der Waals surface area contributed by atoms with E-state index >= 15 is 0 Å². The molecule has 2 aromatic heterocycles. The van der Waals surface area contributed by atoms with Crippen LogP contribution in [0, 0.1) is 0 Å². The number of aromatic hydroxyl groups is 1. The van der Waals surface area contributed by atoms with Crippen LogP contribution < -0.4 is 14.8 Å². The summed E-state index contributed by atoms with van der Waals surface area (Å²) in [5, 5.41) is 12.5. The van der Waals surface area contributed by atoms with E-state index in [-0.39, 0.29) is 23.2 Å². The third-order valence-electron chi connectivity index (χ3n) is 3.88. The molecule has 0 aliphatic carbocycles. The normalized spacial score (nSPS) is 10.6. The summed E-state index contributed by atoms with van der Waals surface area (Å²) in [6, 6.07) is 15.9. The summed E-state index contributed by atoms with van der Waals surface area (Å²) in [6.07, 6.45) is 1.35. The first-order chi connectivity index (χ1) is 13.6. The average molecular weight is 377 g/mol. The van der Waals surface area contributed by atoms with Gasteiger partial charge in [-0.1, -0.05) is 18.2 Å². The molecule has 0 fully saturated rings. The maximum Gasteiger partial charge on any atom is 0.302 e. The smallest absolute Gasteiger partial charge is 0.302 e. The number of hydrogen-bond donors (Lipinski definition) is 2. The van der Waals surface area contributed by atoms with Gasteiger partial charge in [0, 0.05) is 18.3 Å². The highest BCUT2D eigenvalue weighted by molar-refractivity contribution is 6.04. The molecule has 0 radical (unpaired) electrons. The number of rotatable bonds is 5. The van der Waals surface area contributed by atoms with Crippen LogP contribution in [0.4, 0.5) is 6.01 Å². The molecule has 8 nitrogen and oxygen atoms in total. The molecule has 0 aliphatic rings. The van der Waals surface area contributed by atoms with Crippen molar-refractivity contribution in [3.8, 4) is 23.0 Å². The molecule has 0 aliphatic heterocycles. The molecule has 2 aromatic carbocycles. The standard InChI is InChI=1S/C20H15N3O5/c1-26-15-9-10-21-17(18(15)24)19(25)23-20-22-14-8-7-13(11-16(14)28-20)27-12-5-3-2-4-6-12/h2-11,24H,1H3,(H,22,23,25). The zero-order valence-electron chi connectivity index (χ0n) is 14.7. The van der Waals surface area contributed by atoms with Gasteiger partial charge in [0.1, 0.15) is 17.0 Å². The molecule has 0 bridgehead atoms. The van der Waals surface area contributed by atoms with Gasteiger partial charge in [-0.05, 0) is 24.3 Å². The number of aromatic nitrogens is 2. The largest absolute Gasteiger partial charge is 0.503 e. The minimum absolute atomic E-state index is 0.0270. The number of nitrogens with one attached hydrogen (secondary N) is 1. The van der Waals surface area contributed by atoms with Crippen molar-refractivity contribution in [3.05, 3.63) is 66.5 Å². The second kappa shape index (κ2) is 7.28. The Morgan fingerprint density at radius 2 is 1.93 bits per heavy atom. The van der Waals surface area contributed by atoms with E-state index in [0.29, 0.717) is 22.6 Å². The van der Waals surface area contributed by atoms with Gasteiger partial charge in [0.05, 0.1) is 7.11 Å². The summed E-state index contributed by atoms with van der Waals surface area (Å²) < 4.78 is 16.3. The number of para-hydroxylation sites is 1. The summed E-state index contributed by atoms with van der Waals surface area (Å²) in [5.74, 6) is 0.357. The van der Waals surface area contributed by atoms with Crippen LogP contribution in [0.25, 0.3) is 11.1 Å². The van der Waals surface area contributed by atoms with Crippen LogP contribution in [-0.2, 0) is 0 Å². The predicted molar refractivity (Wildman–Crippen MR) is 101 cm³/mol. The van der Waals surface area contributed by atoms with E-state index in [9.17, 15) is 9.90 Å². The number of fused-ring (bicyclic) bond motifs is 1. The molecule has 2 heterocycles. The van der Waals surface area contributed by atoms with E-state index in [1.165, 1.54) is 19.4 Å². The van der Waals surface area contributed by atoms with Crippen LogP contribution >= 0.6 is 0 Å². The van der Waals surface area contributed by atoms with E-state index in [0.717, 1.165) is 0 Å². The predicted octanol–water partition coefficient (Wildman–Crippen LogP) is 3.98. The van der Waals surface area contributed by atoms with Crippen molar-refractivity contribution < 1.29 is 23.8 Å². The van der Waals surface area contributed by atoms with Gasteiger partial charge < -0.3 is 19.0 Å². The summed E-state index contributed by atoms with van der Waals surface area (Å²) in [7, 11) is 1.38. The van der Waals surface area contributed by atoms with E-state index in [2.05, 4.69) is 15.3 Å². The second-order valence-corrected chi connectivity index (χ2v) is 5.73. The number of amides is 1. The molecule has 4 rings (SSSR count). The van der Waals surface area contributed by atoms with Gasteiger partial charge in [0.2, 0.25) is 0 Å². The van der Waals surface area contributed by atoms with Gasteiger partial charge in [-0.25, -0.2) is 4.98 Å². The number of carbonyl (C=O) groups is 1. The lowest BCUT2D eigenvalue weighted by atomic mass is 10.3. The molecule has 0 saturated carbocycles. The number of anilines is 1. The fourth-order valence-electron chi connectivity index (χ4n) is 2.57. The highest BCUT2D eigenvalue weighted by Crippen LogP contribution is 2.30. The molecule has 4 aromatic rings. The molecule has 140 valence electrons. The minimum Gasteiger partial charge on any atom is -0.503 e. The average Bonchev–Trinajstić information content (AvgIpc) is 3.10. The summed E-state index contributed by atoms with van der Waals surface area (Å²) in [4.78, 5) is 20.4. The van der Waals surface area contributed by atoms with Crippen molar-refractivity contribution in [1.29, 1.82) is 0 Å². The van der Waals surface area contributed by atoms with Crippen molar-refractivity contribution in [1.82, 2.24) is 9.97 Å². The van der Waals surface area contributed by atoms with Gasteiger partial charge in [-0.3, -0.25) is 10.1 Å². The lowest BCUT2D eigenvalue weighted by Crippen LogP contribution is -2.14. The topological polar surface area (TPSA) is 107 Å². The van der Waals surface area contributed by atoms with Crippen molar-refractivity contribution in [2.45, 2.75) is 0 Å². The van der Waals surface area contributed by atoms with Gasteiger partial charge in [-0.2, -0.15) is 4.98 Å². The van der Waals surface area contributed by atoms with E-state index < -0.39 is 5.91 Å². The lowest BCUT2D eigenvalue weighted by Gasteiger charge is -2.06. The van der Waals surface area contributed by atoms with E-state index in [1.54, 1.807) is 18.2 Å². The Morgan fingerprint density at radius 3 is 2.71 bits per heavy atom. The molecular formula is C20H15N3O5. The zero-order valence-corrected chi connectivity index (χ0v) is 14.7. The van der Waals surface area contributed by atoms with Gasteiger partial charge in [0.15, 0.2) is 22.8 Å². The first-order valence-corrected chi connectivity index (χ1v) is 8.31. The van der Waals surface area contributed by atoms with Crippen LogP contribution in [0.2, 0.25) is 0 Å². The maximum absolute atomic E-state index is 12.4. The van der Waals surface area contributed by atoms with Gasteiger partial charge in [-0.15, -0.1) is 0 Å². The Morgan fingerprint density at radius 1 is 1.11 bits per heavy atom. The van der Waals surface area contributed by atoms with Crippen LogP contribution in [0.5, 0.6) is 23.0 Å². The molecule has 0 spiro atoms. The monoisotopic (exact) mass is 377 g/mol. The number of ether oxygens (including phenoxy) is 2. The molecule has 8 heteroatoms. The molecule has 28 heavy (non-hydrogen) atoms. The van der Waals surface area contributed by atoms with Crippen LogP contribution in [0.1, 0.15) is 10.5 Å². The zero-order chi connectivity index (χ0) is 19.5. The van der Waals surface area contributed by atoms with Gasteiger partial charge >= 0.3 is 6.01 Å². The highest BCUT2D eigenvalue weighted by atomic mass is 16.5. The molecular weight excluding hydrogens is 362 g/mol. The summed E-state index contributed by atoms with van der Waals surface area (Å²) in [5.41, 5.74) is 0.778. The Bertz CT molecular complexity index is 1140. The summed E-state index contributed by atoms with van der Waals surface area (Å²) in [6.45, 7) is 0. The van der Waals surface area contributed by atoms with Crippen LogP contribution in [0.15, 0.2) is 65.2 Å². The summed E-state index contributed by atoms with van der Waals surface area (Å²) >= 11 is 0. The van der Waals surface area contributed by atoms with E-state index in [1.807, 2.05) is 30.3 Å². The Labute approximate surface area is 159 Å². The quantitative estimate of drug-likeness (QED) is 0.542. The van der Waals surface area contributed by atoms with Crippen molar-refractivity contribution in [3.63, 3.8) is 0 Å². The Kier molecular flexibility index (Phi) is 4.51.